The molecule has 22 heavy (non-hydrogen) atoms. The van der Waals surface area contributed by atoms with Crippen LogP contribution in [0.5, 0.6) is 5.75 Å². The second-order valence-electron chi connectivity index (χ2n) is 4.57. The predicted molar refractivity (Wildman–Crippen MR) is 88.1 cm³/mol. The van der Waals surface area contributed by atoms with E-state index < -0.39 is 5.97 Å². The van der Waals surface area contributed by atoms with E-state index in [9.17, 15) is 9.59 Å². The first-order valence-corrected chi connectivity index (χ1v) is 7.63. The van der Waals surface area contributed by atoms with Gasteiger partial charge in [0, 0.05) is 17.9 Å². The van der Waals surface area contributed by atoms with Gasteiger partial charge in [0.05, 0.1) is 10.6 Å². The molecule has 0 aromatic heterocycles. The fourth-order valence-corrected chi connectivity index (χ4v) is 2.41. The molecule has 4 nitrogen and oxygen atoms in total. The van der Waals surface area contributed by atoms with E-state index in [2.05, 4.69) is 21.2 Å². The SMILES string of the molecule is CC(=O)NCc1ccc(C(=O)Oc2ccc(Br)cc2Cl)cc1. The van der Waals surface area contributed by atoms with Crippen LogP contribution in [-0.4, -0.2) is 11.9 Å². The number of hydrogen-bond acceptors (Lipinski definition) is 3. The Bertz CT molecular complexity index is 701. The largest absolute Gasteiger partial charge is 0.421 e. The third kappa shape index (κ3) is 4.58. The Morgan fingerprint density at radius 2 is 1.86 bits per heavy atom. The normalized spacial score (nSPS) is 10.1. The standard InChI is InChI=1S/C16H13BrClNO3/c1-10(20)19-9-11-2-4-12(5-3-11)16(21)22-15-7-6-13(17)8-14(15)18/h2-8H,9H2,1H3,(H,19,20). The van der Waals surface area contributed by atoms with E-state index in [4.69, 9.17) is 16.3 Å². The topological polar surface area (TPSA) is 55.4 Å². The van der Waals surface area contributed by atoms with Gasteiger partial charge in [0.25, 0.3) is 0 Å². The highest BCUT2D eigenvalue weighted by atomic mass is 79.9. The number of rotatable bonds is 4. The molecule has 1 N–H and O–H groups in total. The van der Waals surface area contributed by atoms with Crippen LogP contribution in [0, 0.1) is 0 Å². The van der Waals surface area contributed by atoms with Crippen molar-refractivity contribution in [2.24, 2.45) is 0 Å². The summed E-state index contributed by atoms with van der Waals surface area (Å²) in [5.41, 5.74) is 1.30. The lowest BCUT2D eigenvalue weighted by Gasteiger charge is -2.07. The van der Waals surface area contributed by atoms with Crippen LogP contribution in [-0.2, 0) is 11.3 Å². The first-order chi connectivity index (χ1) is 10.5. The maximum Gasteiger partial charge on any atom is 0.343 e. The van der Waals surface area contributed by atoms with Crippen molar-refractivity contribution >= 4 is 39.4 Å². The first-order valence-electron chi connectivity index (χ1n) is 6.46. The van der Waals surface area contributed by atoms with Crippen LogP contribution in [0.4, 0.5) is 0 Å². The number of carbonyl (C=O) groups is 2. The Balaban J connectivity index is 2.04. The van der Waals surface area contributed by atoms with Gasteiger partial charge in [0.2, 0.25) is 5.91 Å². The highest BCUT2D eigenvalue weighted by Gasteiger charge is 2.11. The number of hydrogen-bond donors (Lipinski definition) is 1. The summed E-state index contributed by atoms with van der Waals surface area (Å²) in [5.74, 6) is -0.291. The van der Waals surface area contributed by atoms with Crippen molar-refractivity contribution in [3.05, 3.63) is 63.1 Å². The van der Waals surface area contributed by atoms with E-state index in [1.54, 1.807) is 42.5 Å². The number of amides is 1. The average Bonchev–Trinajstić information content (AvgIpc) is 2.48. The smallest absolute Gasteiger partial charge is 0.343 e. The number of esters is 1. The zero-order valence-corrected chi connectivity index (χ0v) is 14.1. The summed E-state index contributed by atoms with van der Waals surface area (Å²) in [6, 6.07) is 11.8. The van der Waals surface area contributed by atoms with Gasteiger partial charge in [-0.3, -0.25) is 4.79 Å². The Morgan fingerprint density at radius 3 is 2.45 bits per heavy atom. The second kappa shape index (κ2) is 7.42. The molecule has 2 aromatic rings. The van der Waals surface area contributed by atoms with Crippen LogP contribution in [0.25, 0.3) is 0 Å². The molecule has 0 aliphatic carbocycles. The van der Waals surface area contributed by atoms with Gasteiger partial charge < -0.3 is 10.1 Å². The molecule has 114 valence electrons. The predicted octanol–water partition coefficient (Wildman–Crippen LogP) is 3.96. The van der Waals surface area contributed by atoms with Crippen LogP contribution < -0.4 is 10.1 Å². The van der Waals surface area contributed by atoms with Crippen LogP contribution >= 0.6 is 27.5 Å². The zero-order valence-electron chi connectivity index (χ0n) is 11.7. The maximum absolute atomic E-state index is 12.1. The molecule has 6 heteroatoms. The van der Waals surface area contributed by atoms with Gasteiger partial charge in [-0.15, -0.1) is 0 Å². The van der Waals surface area contributed by atoms with Gasteiger partial charge in [-0.2, -0.15) is 0 Å². The molecule has 0 spiro atoms. The fourth-order valence-electron chi connectivity index (χ4n) is 1.70. The van der Waals surface area contributed by atoms with Crippen molar-refractivity contribution < 1.29 is 14.3 Å². The van der Waals surface area contributed by atoms with E-state index in [1.165, 1.54) is 6.92 Å². The maximum atomic E-state index is 12.1. The summed E-state index contributed by atoms with van der Waals surface area (Å²) in [6.45, 7) is 1.87. The minimum absolute atomic E-state index is 0.103. The van der Waals surface area contributed by atoms with Gasteiger partial charge in [-0.25, -0.2) is 4.79 Å². The average molecular weight is 383 g/mol. The highest BCUT2D eigenvalue weighted by Crippen LogP contribution is 2.28. The van der Waals surface area contributed by atoms with Crippen LogP contribution in [0.1, 0.15) is 22.8 Å². The third-order valence-corrected chi connectivity index (χ3v) is 3.62. The van der Waals surface area contributed by atoms with E-state index in [1.807, 2.05) is 0 Å². The van der Waals surface area contributed by atoms with Crippen molar-refractivity contribution in [2.45, 2.75) is 13.5 Å². The molecule has 0 aliphatic heterocycles. The monoisotopic (exact) mass is 381 g/mol. The molecule has 0 unspecified atom stereocenters. The molecule has 2 aromatic carbocycles. The third-order valence-electron chi connectivity index (χ3n) is 2.83. The Morgan fingerprint density at radius 1 is 1.18 bits per heavy atom. The number of carbonyl (C=O) groups excluding carboxylic acids is 2. The van der Waals surface area contributed by atoms with Crippen LogP contribution in [0.2, 0.25) is 5.02 Å². The van der Waals surface area contributed by atoms with Crippen LogP contribution in [0.3, 0.4) is 0 Å². The van der Waals surface area contributed by atoms with Gasteiger partial charge in [0.1, 0.15) is 5.75 Å². The molecule has 0 fully saturated rings. The quantitative estimate of drug-likeness (QED) is 0.643. The molecule has 0 radical (unpaired) electrons. The number of benzene rings is 2. The van der Waals surface area contributed by atoms with Gasteiger partial charge in [-0.05, 0) is 35.9 Å². The van der Waals surface area contributed by atoms with Crippen LogP contribution in [0.15, 0.2) is 46.9 Å². The van der Waals surface area contributed by atoms with Gasteiger partial charge in [-0.1, -0.05) is 39.7 Å². The van der Waals surface area contributed by atoms with Crippen molar-refractivity contribution in [2.75, 3.05) is 0 Å². The fraction of sp³-hybridized carbons (Fsp3) is 0.125. The lowest BCUT2D eigenvalue weighted by molar-refractivity contribution is -0.119. The van der Waals surface area contributed by atoms with E-state index in [0.717, 1.165) is 10.0 Å². The van der Waals surface area contributed by atoms with E-state index in [0.29, 0.717) is 22.9 Å². The summed E-state index contributed by atoms with van der Waals surface area (Å²) in [6.07, 6.45) is 0. The first kappa shape index (κ1) is 16.5. The van der Waals surface area contributed by atoms with E-state index >= 15 is 0 Å². The number of nitrogens with one attached hydrogen (secondary N) is 1. The van der Waals surface area contributed by atoms with Gasteiger partial charge in [0.15, 0.2) is 0 Å². The number of halogens is 2. The second-order valence-corrected chi connectivity index (χ2v) is 5.89. The summed E-state index contributed by atoms with van der Waals surface area (Å²) < 4.78 is 6.07. The zero-order chi connectivity index (χ0) is 16.1. The Kier molecular flexibility index (Phi) is 5.57. The summed E-state index contributed by atoms with van der Waals surface area (Å²) in [4.78, 5) is 22.9. The minimum Gasteiger partial charge on any atom is -0.421 e. The van der Waals surface area contributed by atoms with Crippen molar-refractivity contribution in [1.82, 2.24) is 5.32 Å². The Labute approximate surface area is 141 Å². The molecular weight excluding hydrogens is 370 g/mol. The lowest BCUT2D eigenvalue weighted by atomic mass is 10.1. The molecule has 0 saturated heterocycles. The van der Waals surface area contributed by atoms with Crippen molar-refractivity contribution in [3.63, 3.8) is 0 Å². The molecule has 0 atom stereocenters. The molecule has 1 amide bonds. The minimum atomic E-state index is -0.490. The van der Waals surface area contributed by atoms with Gasteiger partial charge >= 0.3 is 5.97 Å². The summed E-state index contributed by atoms with van der Waals surface area (Å²) in [7, 11) is 0. The van der Waals surface area contributed by atoms with E-state index in [-0.39, 0.29) is 5.91 Å². The molecule has 0 saturated carbocycles. The lowest BCUT2D eigenvalue weighted by Crippen LogP contribution is -2.19. The molecule has 0 bridgehead atoms. The highest BCUT2D eigenvalue weighted by molar-refractivity contribution is 9.10. The Hall–Kier alpha value is -1.85. The summed E-state index contributed by atoms with van der Waals surface area (Å²) in [5, 5.41) is 3.04. The number of ether oxygens (including phenoxy) is 1. The molecular formula is C16H13BrClNO3. The van der Waals surface area contributed by atoms with Crippen molar-refractivity contribution in [1.29, 1.82) is 0 Å². The van der Waals surface area contributed by atoms with Crippen molar-refractivity contribution in [3.8, 4) is 5.75 Å². The summed E-state index contributed by atoms with van der Waals surface area (Å²) >= 11 is 9.30. The molecule has 2 rings (SSSR count). The molecule has 0 aliphatic rings. The molecule has 0 heterocycles.